The summed E-state index contributed by atoms with van der Waals surface area (Å²) < 4.78 is 11.6. The minimum atomic E-state index is -0.264. The molecule has 2 N–H and O–H groups in total. The molecule has 0 aliphatic carbocycles. The summed E-state index contributed by atoms with van der Waals surface area (Å²) in [6.45, 7) is 8.33. The smallest absolute Gasteiger partial charge is 0.200 e. The molecule has 170 valence electrons. The SMILES string of the molecule is COc1cc(O)ccc1-c1oc2cc(C)cc(O)c2c(=O)c1C/C=C(\C)CCCC(C)C. The molecule has 3 aromatic rings. The van der Waals surface area contributed by atoms with Crippen LogP contribution in [0.15, 0.2) is 51.2 Å². The van der Waals surface area contributed by atoms with Crippen LogP contribution < -0.4 is 10.2 Å². The summed E-state index contributed by atoms with van der Waals surface area (Å²) in [6.07, 6.45) is 5.66. The summed E-state index contributed by atoms with van der Waals surface area (Å²) in [5.74, 6) is 1.43. The van der Waals surface area contributed by atoms with E-state index < -0.39 is 0 Å². The number of hydrogen-bond donors (Lipinski definition) is 2. The zero-order valence-corrected chi connectivity index (χ0v) is 19.5. The first-order valence-corrected chi connectivity index (χ1v) is 11.0. The predicted octanol–water partition coefficient (Wildman–Crippen LogP) is 6.50. The molecule has 0 atom stereocenters. The summed E-state index contributed by atoms with van der Waals surface area (Å²) in [5, 5.41) is 20.5. The number of phenols is 2. The number of methoxy groups -OCH3 is 1. The van der Waals surface area contributed by atoms with Gasteiger partial charge in [-0.15, -0.1) is 0 Å². The Morgan fingerprint density at radius 2 is 1.94 bits per heavy atom. The molecule has 0 fully saturated rings. The molecule has 0 aliphatic heterocycles. The molecule has 2 aromatic carbocycles. The zero-order valence-electron chi connectivity index (χ0n) is 19.5. The third kappa shape index (κ3) is 5.16. The van der Waals surface area contributed by atoms with Crippen LogP contribution in [0, 0.1) is 12.8 Å². The van der Waals surface area contributed by atoms with E-state index in [0.717, 1.165) is 24.8 Å². The van der Waals surface area contributed by atoms with Gasteiger partial charge in [-0.1, -0.05) is 31.9 Å². The molecule has 0 unspecified atom stereocenters. The lowest BCUT2D eigenvalue weighted by Crippen LogP contribution is -2.11. The van der Waals surface area contributed by atoms with Gasteiger partial charge in [0.25, 0.3) is 0 Å². The van der Waals surface area contributed by atoms with Crippen molar-refractivity contribution in [1.29, 1.82) is 0 Å². The van der Waals surface area contributed by atoms with Gasteiger partial charge in [0.2, 0.25) is 5.43 Å². The predicted molar refractivity (Wildman–Crippen MR) is 129 cm³/mol. The van der Waals surface area contributed by atoms with E-state index in [1.165, 1.54) is 24.8 Å². The van der Waals surface area contributed by atoms with E-state index in [1.807, 2.05) is 6.92 Å². The third-order valence-corrected chi connectivity index (χ3v) is 5.65. The molecule has 0 radical (unpaired) electrons. The van der Waals surface area contributed by atoms with Gasteiger partial charge < -0.3 is 19.4 Å². The third-order valence-electron chi connectivity index (χ3n) is 5.65. The molecule has 0 saturated heterocycles. The molecular weight excluding hydrogens is 404 g/mol. The van der Waals surface area contributed by atoms with Crippen molar-refractivity contribution in [2.24, 2.45) is 5.92 Å². The first-order chi connectivity index (χ1) is 15.2. The summed E-state index contributed by atoms with van der Waals surface area (Å²) in [5.41, 5.74) is 3.08. The maximum atomic E-state index is 13.5. The molecule has 0 amide bonds. The summed E-state index contributed by atoms with van der Waals surface area (Å²) in [4.78, 5) is 13.5. The highest BCUT2D eigenvalue weighted by Crippen LogP contribution is 2.37. The summed E-state index contributed by atoms with van der Waals surface area (Å²) in [7, 11) is 1.51. The van der Waals surface area contributed by atoms with Gasteiger partial charge in [0.1, 0.15) is 34.0 Å². The van der Waals surface area contributed by atoms with Crippen molar-refractivity contribution in [2.75, 3.05) is 7.11 Å². The Morgan fingerprint density at radius 3 is 2.62 bits per heavy atom. The minimum Gasteiger partial charge on any atom is -0.508 e. The normalized spacial score (nSPS) is 12.0. The monoisotopic (exact) mass is 436 g/mol. The van der Waals surface area contributed by atoms with Gasteiger partial charge in [0.15, 0.2) is 0 Å². The average molecular weight is 437 g/mol. The standard InChI is InChI=1S/C27H32O5/c1-16(2)7-6-8-17(3)9-11-21-26(30)25-22(29)13-18(4)14-24(25)32-27(21)20-12-10-19(28)15-23(20)31-5/h9-10,12-16,28-29H,6-8,11H2,1-5H3/b17-9+. The van der Waals surface area contributed by atoms with Gasteiger partial charge in [-0.25, -0.2) is 0 Å². The van der Waals surface area contributed by atoms with Gasteiger partial charge in [0.05, 0.1) is 12.7 Å². The highest BCUT2D eigenvalue weighted by Gasteiger charge is 2.21. The highest BCUT2D eigenvalue weighted by molar-refractivity contribution is 5.87. The Morgan fingerprint density at radius 1 is 1.19 bits per heavy atom. The highest BCUT2D eigenvalue weighted by atomic mass is 16.5. The number of allylic oxidation sites excluding steroid dienone is 2. The van der Waals surface area contributed by atoms with Crippen molar-refractivity contribution in [3.63, 3.8) is 0 Å². The van der Waals surface area contributed by atoms with Crippen molar-refractivity contribution in [3.05, 3.63) is 63.3 Å². The van der Waals surface area contributed by atoms with Gasteiger partial charge >= 0.3 is 0 Å². The second kappa shape index (κ2) is 9.94. The van der Waals surface area contributed by atoms with E-state index in [2.05, 4.69) is 26.8 Å². The fourth-order valence-corrected chi connectivity index (χ4v) is 3.91. The zero-order chi connectivity index (χ0) is 23.4. The van der Waals surface area contributed by atoms with Gasteiger partial charge in [0, 0.05) is 11.6 Å². The van der Waals surface area contributed by atoms with E-state index in [0.29, 0.717) is 40.6 Å². The number of phenolic OH excluding ortho intramolecular Hbond substituents is 2. The van der Waals surface area contributed by atoms with Crippen molar-refractivity contribution < 1.29 is 19.4 Å². The molecule has 0 saturated carbocycles. The van der Waals surface area contributed by atoms with Gasteiger partial charge in [-0.3, -0.25) is 4.79 Å². The van der Waals surface area contributed by atoms with E-state index in [-0.39, 0.29) is 22.3 Å². The quantitative estimate of drug-likeness (QED) is 0.394. The number of fused-ring (bicyclic) bond motifs is 1. The van der Waals surface area contributed by atoms with Crippen LogP contribution in [0.5, 0.6) is 17.2 Å². The van der Waals surface area contributed by atoms with E-state index in [4.69, 9.17) is 9.15 Å². The van der Waals surface area contributed by atoms with Crippen molar-refractivity contribution in [3.8, 4) is 28.6 Å². The molecule has 0 bridgehead atoms. The Kier molecular flexibility index (Phi) is 7.29. The summed E-state index contributed by atoms with van der Waals surface area (Å²) in [6, 6.07) is 8.01. The number of aryl methyl sites for hydroxylation is 1. The number of ether oxygens (including phenoxy) is 1. The molecular formula is C27H32O5. The molecule has 1 aromatic heterocycles. The van der Waals surface area contributed by atoms with Crippen LogP contribution in [-0.4, -0.2) is 17.3 Å². The molecule has 1 heterocycles. The van der Waals surface area contributed by atoms with Crippen LogP contribution >= 0.6 is 0 Å². The second-order valence-corrected chi connectivity index (χ2v) is 8.82. The van der Waals surface area contributed by atoms with Gasteiger partial charge in [-0.2, -0.15) is 0 Å². The van der Waals surface area contributed by atoms with E-state index in [1.54, 1.807) is 18.2 Å². The van der Waals surface area contributed by atoms with E-state index in [9.17, 15) is 15.0 Å². The van der Waals surface area contributed by atoms with Crippen molar-refractivity contribution in [1.82, 2.24) is 0 Å². The van der Waals surface area contributed by atoms with Gasteiger partial charge in [-0.05, 0) is 68.9 Å². The van der Waals surface area contributed by atoms with Crippen LogP contribution in [0.1, 0.15) is 51.2 Å². The number of hydrogen-bond acceptors (Lipinski definition) is 5. The van der Waals surface area contributed by atoms with Crippen LogP contribution in [0.3, 0.4) is 0 Å². The van der Waals surface area contributed by atoms with E-state index >= 15 is 0 Å². The second-order valence-electron chi connectivity index (χ2n) is 8.82. The molecule has 32 heavy (non-hydrogen) atoms. The largest absolute Gasteiger partial charge is 0.508 e. The topological polar surface area (TPSA) is 79.9 Å². The number of aromatic hydroxyl groups is 2. The first-order valence-electron chi connectivity index (χ1n) is 11.0. The minimum absolute atomic E-state index is 0.0599. The molecule has 5 nitrogen and oxygen atoms in total. The van der Waals surface area contributed by atoms with Crippen molar-refractivity contribution >= 4 is 11.0 Å². The lowest BCUT2D eigenvalue weighted by Gasteiger charge is -2.14. The van der Waals surface area contributed by atoms with Crippen LogP contribution in [0.4, 0.5) is 0 Å². The fraction of sp³-hybridized carbons (Fsp3) is 0.370. The Balaban J connectivity index is 2.16. The lowest BCUT2D eigenvalue weighted by molar-refractivity contribution is 0.407. The molecule has 0 spiro atoms. The fourth-order valence-electron chi connectivity index (χ4n) is 3.91. The van der Waals surface area contributed by atoms with Crippen LogP contribution in [-0.2, 0) is 6.42 Å². The molecule has 0 aliphatic rings. The Bertz CT molecular complexity index is 1200. The Hall–Kier alpha value is -3.21. The van der Waals surface area contributed by atoms with Crippen molar-refractivity contribution in [2.45, 2.75) is 53.4 Å². The van der Waals surface area contributed by atoms with Crippen LogP contribution in [0.25, 0.3) is 22.3 Å². The maximum absolute atomic E-state index is 13.5. The molecule has 5 heteroatoms. The maximum Gasteiger partial charge on any atom is 0.200 e. The number of rotatable bonds is 8. The average Bonchev–Trinajstić information content (AvgIpc) is 2.71. The Labute approximate surface area is 189 Å². The first kappa shape index (κ1) is 23.5. The lowest BCUT2D eigenvalue weighted by atomic mass is 9.98. The van der Waals surface area contributed by atoms with Crippen LogP contribution in [0.2, 0.25) is 0 Å². The number of benzene rings is 2. The summed E-state index contributed by atoms with van der Waals surface area (Å²) >= 11 is 0. The molecule has 3 rings (SSSR count).